The Balaban J connectivity index is 1.80. The van der Waals surface area contributed by atoms with Crippen molar-refractivity contribution >= 4 is 28.9 Å². The number of aromatic nitrogens is 1. The van der Waals surface area contributed by atoms with E-state index in [1.165, 1.54) is 5.56 Å². The van der Waals surface area contributed by atoms with Gasteiger partial charge in [0.15, 0.2) is 11.5 Å². The zero-order chi connectivity index (χ0) is 19.0. The summed E-state index contributed by atoms with van der Waals surface area (Å²) in [6, 6.07) is 9.75. The van der Waals surface area contributed by atoms with Gasteiger partial charge in [0, 0.05) is 23.6 Å². The lowest BCUT2D eigenvalue weighted by molar-refractivity contribution is -0.120. The summed E-state index contributed by atoms with van der Waals surface area (Å²) < 4.78 is 10.9. The molecule has 6 heteroatoms. The number of halogens is 1. The van der Waals surface area contributed by atoms with E-state index in [4.69, 9.17) is 21.1 Å². The highest BCUT2D eigenvalue weighted by Gasteiger charge is 2.29. The van der Waals surface area contributed by atoms with Gasteiger partial charge < -0.3 is 19.4 Å². The molecule has 1 aliphatic rings. The molecule has 1 amide bonds. The standard InChI is InChI=1S/C21H21ClN2O3/c1-26-19-9-13-6-7-24(12-25)18(15(13)10-20(19)27-2)8-14-11-23-17-5-3-4-16(22)21(14)17/h3-5,9-12,18,23H,6-8H2,1-2H3/t18-/m0/s1. The summed E-state index contributed by atoms with van der Waals surface area (Å²) >= 11 is 6.44. The van der Waals surface area contributed by atoms with Crippen molar-refractivity contribution in [2.24, 2.45) is 0 Å². The first-order valence-corrected chi connectivity index (χ1v) is 9.24. The molecule has 0 saturated carbocycles. The van der Waals surface area contributed by atoms with Crippen LogP contribution in [0.5, 0.6) is 11.5 Å². The van der Waals surface area contributed by atoms with E-state index in [1.54, 1.807) is 14.2 Å². The van der Waals surface area contributed by atoms with Gasteiger partial charge in [0.1, 0.15) is 0 Å². The molecule has 1 N–H and O–H groups in total. The summed E-state index contributed by atoms with van der Waals surface area (Å²) in [6.45, 7) is 0.673. The Morgan fingerprint density at radius 2 is 2.04 bits per heavy atom. The van der Waals surface area contributed by atoms with Gasteiger partial charge in [-0.1, -0.05) is 17.7 Å². The normalized spacial score (nSPS) is 16.3. The van der Waals surface area contributed by atoms with Gasteiger partial charge in [0.2, 0.25) is 6.41 Å². The van der Waals surface area contributed by atoms with Crippen molar-refractivity contribution in [2.45, 2.75) is 18.9 Å². The zero-order valence-corrected chi connectivity index (χ0v) is 16.0. The zero-order valence-electron chi connectivity index (χ0n) is 15.3. The average Bonchev–Trinajstić information content (AvgIpc) is 3.11. The predicted molar refractivity (Wildman–Crippen MR) is 106 cm³/mol. The summed E-state index contributed by atoms with van der Waals surface area (Å²) in [5, 5.41) is 1.72. The number of carbonyl (C=O) groups excluding carboxylic acids is 1. The Bertz CT molecular complexity index is 999. The van der Waals surface area contributed by atoms with E-state index >= 15 is 0 Å². The molecule has 4 rings (SSSR count). The molecule has 2 aromatic carbocycles. The van der Waals surface area contributed by atoms with Gasteiger partial charge in [-0.25, -0.2) is 0 Å². The molecule has 1 aromatic heterocycles. The molecule has 0 saturated heterocycles. The molecule has 140 valence electrons. The largest absolute Gasteiger partial charge is 0.493 e. The third-order valence-corrected chi connectivity index (χ3v) is 5.64. The van der Waals surface area contributed by atoms with Gasteiger partial charge in [0.25, 0.3) is 0 Å². The average molecular weight is 385 g/mol. The second kappa shape index (κ2) is 7.16. The van der Waals surface area contributed by atoms with Crippen LogP contribution in [0.1, 0.15) is 22.7 Å². The first-order valence-electron chi connectivity index (χ1n) is 8.86. The van der Waals surface area contributed by atoms with Crippen molar-refractivity contribution in [3.63, 3.8) is 0 Å². The minimum absolute atomic E-state index is 0.0821. The molecule has 2 heterocycles. The molecular formula is C21H21ClN2O3. The van der Waals surface area contributed by atoms with E-state index in [1.807, 2.05) is 41.4 Å². The molecule has 1 aliphatic heterocycles. The van der Waals surface area contributed by atoms with E-state index in [9.17, 15) is 4.79 Å². The van der Waals surface area contributed by atoms with Crippen molar-refractivity contribution in [2.75, 3.05) is 20.8 Å². The van der Waals surface area contributed by atoms with E-state index in [0.29, 0.717) is 29.5 Å². The fourth-order valence-electron chi connectivity index (χ4n) is 3.98. The van der Waals surface area contributed by atoms with Crippen LogP contribution in [0.25, 0.3) is 10.9 Å². The number of aromatic amines is 1. The Hall–Kier alpha value is -2.66. The second-order valence-electron chi connectivity index (χ2n) is 6.70. The van der Waals surface area contributed by atoms with E-state index < -0.39 is 0 Å². The van der Waals surface area contributed by atoms with Crippen molar-refractivity contribution in [1.29, 1.82) is 0 Å². The van der Waals surface area contributed by atoms with E-state index in [-0.39, 0.29) is 6.04 Å². The third kappa shape index (κ3) is 3.02. The molecule has 3 aromatic rings. The number of carbonyl (C=O) groups is 1. The van der Waals surface area contributed by atoms with Crippen molar-refractivity contribution < 1.29 is 14.3 Å². The van der Waals surface area contributed by atoms with E-state index in [0.717, 1.165) is 34.9 Å². The lowest BCUT2D eigenvalue weighted by Gasteiger charge is -2.35. The number of methoxy groups -OCH3 is 2. The topological polar surface area (TPSA) is 54.6 Å². The molecule has 0 spiro atoms. The molecule has 0 aliphatic carbocycles. The molecule has 0 radical (unpaired) electrons. The fraction of sp³-hybridized carbons (Fsp3) is 0.286. The number of nitrogens with zero attached hydrogens (tertiary/aromatic N) is 1. The maximum atomic E-state index is 11.8. The molecule has 27 heavy (non-hydrogen) atoms. The predicted octanol–water partition coefficient (Wildman–Crippen LogP) is 4.14. The summed E-state index contributed by atoms with van der Waals surface area (Å²) in [5.74, 6) is 1.38. The van der Waals surface area contributed by atoms with Crippen LogP contribution in [0.2, 0.25) is 5.02 Å². The van der Waals surface area contributed by atoms with E-state index in [2.05, 4.69) is 4.98 Å². The minimum Gasteiger partial charge on any atom is -0.493 e. The highest BCUT2D eigenvalue weighted by Crippen LogP contribution is 2.40. The van der Waals surface area contributed by atoms with Crippen LogP contribution in [0, 0.1) is 0 Å². The quantitative estimate of drug-likeness (QED) is 0.673. The third-order valence-electron chi connectivity index (χ3n) is 5.33. The SMILES string of the molecule is COc1cc2c(cc1OC)[C@H](Cc1c[nH]c3cccc(Cl)c13)N(C=O)CC2. The molecule has 0 fully saturated rings. The number of H-pyrrole nitrogens is 1. The number of benzene rings is 2. The smallest absolute Gasteiger partial charge is 0.210 e. The van der Waals surface area contributed by atoms with Gasteiger partial charge in [0.05, 0.1) is 25.3 Å². The van der Waals surface area contributed by atoms with Crippen LogP contribution >= 0.6 is 11.6 Å². The first kappa shape index (κ1) is 17.7. The van der Waals surface area contributed by atoms with Crippen molar-refractivity contribution in [1.82, 2.24) is 9.88 Å². The highest BCUT2D eigenvalue weighted by atomic mass is 35.5. The molecular weight excluding hydrogens is 364 g/mol. The van der Waals surface area contributed by atoms with Gasteiger partial charge in [-0.3, -0.25) is 4.79 Å². The monoisotopic (exact) mass is 384 g/mol. The lowest BCUT2D eigenvalue weighted by atomic mass is 9.88. The summed E-state index contributed by atoms with van der Waals surface area (Å²) in [6.07, 6.45) is 4.37. The Morgan fingerprint density at radius 3 is 2.78 bits per heavy atom. The number of hydrogen-bond donors (Lipinski definition) is 1. The molecule has 1 atom stereocenters. The first-order chi connectivity index (χ1) is 13.2. The Kier molecular flexibility index (Phi) is 4.70. The van der Waals surface area contributed by atoms with Gasteiger partial charge in [-0.15, -0.1) is 0 Å². The van der Waals surface area contributed by atoms with Crippen molar-refractivity contribution in [3.8, 4) is 11.5 Å². The highest BCUT2D eigenvalue weighted by molar-refractivity contribution is 6.35. The van der Waals surface area contributed by atoms with Crippen LogP contribution in [0.4, 0.5) is 0 Å². The van der Waals surface area contributed by atoms with Crippen molar-refractivity contribution in [3.05, 3.63) is 58.2 Å². The number of fused-ring (bicyclic) bond motifs is 2. The number of rotatable bonds is 5. The van der Waals surface area contributed by atoms with Crippen LogP contribution < -0.4 is 9.47 Å². The molecule has 0 bridgehead atoms. The number of ether oxygens (including phenoxy) is 2. The number of hydrogen-bond acceptors (Lipinski definition) is 3. The van der Waals surface area contributed by atoms with Crippen LogP contribution in [0.15, 0.2) is 36.5 Å². The maximum absolute atomic E-state index is 11.8. The van der Waals surface area contributed by atoms with Crippen LogP contribution in [0.3, 0.4) is 0 Å². The van der Waals surface area contributed by atoms with Crippen LogP contribution in [-0.2, 0) is 17.6 Å². The summed E-state index contributed by atoms with van der Waals surface area (Å²) in [4.78, 5) is 16.9. The Labute approximate surface area is 162 Å². The summed E-state index contributed by atoms with van der Waals surface area (Å²) in [5.41, 5.74) is 4.36. The lowest BCUT2D eigenvalue weighted by Crippen LogP contribution is -2.35. The molecule has 5 nitrogen and oxygen atoms in total. The molecule has 0 unspecified atom stereocenters. The van der Waals surface area contributed by atoms with Crippen LogP contribution in [-0.4, -0.2) is 37.1 Å². The van der Waals surface area contributed by atoms with Gasteiger partial charge in [-0.2, -0.15) is 0 Å². The maximum Gasteiger partial charge on any atom is 0.210 e. The van der Waals surface area contributed by atoms with Gasteiger partial charge >= 0.3 is 0 Å². The van der Waals surface area contributed by atoms with Gasteiger partial charge in [-0.05, 0) is 53.8 Å². The number of amides is 1. The minimum atomic E-state index is -0.0821. The Morgan fingerprint density at radius 1 is 1.26 bits per heavy atom. The summed E-state index contributed by atoms with van der Waals surface area (Å²) in [7, 11) is 3.26. The second-order valence-corrected chi connectivity index (χ2v) is 7.10. The number of nitrogens with one attached hydrogen (secondary N) is 1. The fourth-order valence-corrected chi connectivity index (χ4v) is 4.27.